The molecule has 7 heteroatoms. The third kappa shape index (κ3) is 3.27. The first-order valence-corrected chi connectivity index (χ1v) is 9.23. The second kappa shape index (κ2) is 7.13. The van der Waals surface area contributed by atoms with Crippen molar-refractivity contribution >= 4 is 34.0 Å². The molecule has 0 aliphatic carbocycles. The van der Waals surface area contributed by atoms with Crippen LogP contribution >= 0.6 is 11.6 Å². The summed E-state index contributed by atoms with van der Waals surface area (Å²) in [4.78, 5) is 22.9. The van der Waals surface area contributed by atoms with Crippen LogP contribution in [0.5, 0.6) is 0 Å². The summed E-state index contributed by atoms with van der Waals surface area (Å²) < 4.78 is 14.4. The van der Waals surface area contributed by atoms with Crippen LogP contribution in [0.25, 0.3) is 22.2 Å². The summed E-state index contributed by atoms with van der Waals surface area (Å²) in [5.41, 5.74) is 3.02. The van der Waals surface area contributed by atoms with Gasteiger partial charge in [-0.3, -0.25) is 4.79 Å². The van der Waals surface area contributed by atoms with Crippen LogP contribution in [0.1, 0.15) is 25.5 Å². The Morgan fingerprint density at radius 3 is 2.71 bits per heavy atom. The number of aromatic nitrogens is 3. The summed E-state index contributed by atoms with van der Waals surface area (Å²) in [6.07, 6.45) is 3.51. The smallest absolute Gasteiger partial charge is 0.256 e. The van der Waals surface area contributed by atoms with Gasteiger partial charge >= 0.3 is 0 Å². The molecule has 3 heterocycles. The molecule has 1 aromatic carbocycles. The minimum absolute atomic E-state index is 0.0528. The van der Waals surface area contributed by atoms with Gasteiger partial charge < -0.3 is 15.3 Å². The highest BCUT2D eigenvalue weighted by atomic mass is 35.5. The average Bonchev–Trinajstić information content (AvgIpc) is 3.14. The first kappa shape index (κ1) is 18.3. The molecule has 0 bridgehead atoms. The molecule has 4 rings (SSSR count). The van der Waals surface area contributed by atoms with E-state index < -0.39 is 5.82 Å². The molecule has 3 aromatic heterocycles. The van der Waals surface area contributed by atoms with E-state index in [0.29, 0.717) is 10.7 Å². The molecular formula is C21H18ClFN4O. The number of hydrogen-bond acceptors (Lipinski definition) is 3. The Morgan fingerprint density at radius 1 is 1.11 bits per heavy atom. The van der Waals surface area contributed by atoms with Crippen molar-refractivity contribution < 1.29 is 4.39 Å². The van der Waals surface area contributed by atoms with Crippen LogP contribution in [0.3, 0.4) is 0 Å². The molecule has 0 spiro atoms. The molecule has 0 atom stereocenters. The van der Waals surface area contributed by atoms with Gasteiger partial charge in [0.05, 0.1) is 16.9 Å². The number of H-pyrrole nitrogens is 2. The maximum absolute atomic E-state index is 14.4. The van der Waals surface area contributed by atoms with Crippen molar-refractivity contribution in [1.29, 1.82) is 0 Å². The third-order valence-electron chi connectivity index (χ3n) is 4.60. The van der Waals surface area contributed by atoms with Crippen molar-refractivity contribution in [1.82, 2.24) is 15.0 Å². The van der Waals surface area contributed by atoms with Gasteiger partial charge in [-0.25, -0.2) is 9.37 Å². The molecule has 0 amide bonds. The van der Waals surface area contributed by atoms with Crippen molar-refractivity contribution in [3.05, 3.63) is 75.7 Å². The summed E-state index contributed by atoms with van der Waals surface area (Å²) in [6.45, 7) is 3.96. The Kier molecular flexibility index (Phi) is 4.65. The molecule has 4 aromatic rings. The van der Waals surface area contributed by atoms with Crippen molar-refractivity contribution in [2.24, 2.45) is 0 Å². The highest BCUT2D eigenvalue weighted by molar-refractivity contribution is 6.30. The van der Waals surface area contributed by atoms with Crippen molar-refractivity contribution in [3.63, 3.8) is 0 Å². The van der Waals surface area contributed by atoms with Gasteiger partial charge in [0.2, 0.25) is 0 Å². The zero-order chi connectivity index (χ0) is 19.8. The van der Waals surface area contributed by atoms with Crippen LogP contribution < -0.4 is 10.9 Å². The van der Waals surface area contributed by atoms with Crippen LogP contribution in [-0.4, -0.2) is 15.0 Å². The number of rotatable bonds is 4. The number of benzene rings is 1. The lowest BCUT2D eigenvalue weighted by Gasteiger charge is -2.17. The Balaban J connectivity index is 1.89. The molecule has 0 unspecified atom stereocenters. The van der Waals surface area contributed by atoms with Crippen LogP contribution in [-0.2, 0) is 0 Å². The molecule has 28 heavy (non-hydrogen) atoms. The first-order chi connectivity index (χ1) is 13.4. The zero-order valence-electron chi connectivity index (χ0n) is 15.3. The number of halogens is 2. The van der Waals surface area contributed by atoms with Gasteiger partial charge in [-0.05, 0) is 42.3 Å². The highest BCUT2D eigenvalue weighted by Gasteiger charge is 2.17. The van der Waals surface area contributed by atoms with E-state index in [9.17, 15) is 9.18 Å². The monoisotopic (exact) mass is 396 g/mol. The van der Waals surface area contributed by atoms with Crippen molar-refractivity contribution in [3.8, 4) is 11.1 Å². The predicted molar refractivity (Wildman–Crippen MR) is 111 cm³/mol. The fraction of sp³-hybridized carbons (Fsp3) is 0.143. The number of hydrogen-bond donors (Lipinski definition) is 3. The molecule has 0 radical (unpaired) electrons. The summed E-state index contributed by atoms with van der Waals surface area (Å²) in [6, 6.07) is 9.61. The second-order valence-electron chi connectivity index (χ2n) is 6.84. The Morgan fingerprint density at radius 2 is 1.93 bits per heavy atom. The van der Waals surface area contributed by atoms with Gasteiger partial charge in [0.1, 0.15) is 11.5 Å². The van der Waals surface area contributed by atoms with Crippen LogP contribution in [0.2, 0.25) is 5.02 Å². The fourth-order valence-electron chi connectivity index (χ4n) is 3.22. The normalized spacial score (nSPS) is 11.3. The minimum Gasteiger partial charge on any atom is -0.353 e. The molecule has 0 fully saturated rings. The summed E-state index contributed by atoms with van der Waals surface area (Å²) in [5, 5.41) is 4.65. The molecule has 0 aliphatic heterocycles. The van der Waals surface area contributed by atoms with Crippen LogP contribution in [0.15, 0.2) is 53.6 Å². The Labute approximate surface area is 165 Å². The van der Waals surface area contributed by atoms with E-state index in [1.165, 1.54) is 18.2 Å². The number of nitrogens with one attached hydrogen (secondary N) is 3. The van der Waals surface area contributed by atoms with Gasteiger partial charge in [-0.15, -0.1) is 0 Å². The van der Waals surface area contributed by atoms with Crippen molar-refractivity contribution in [2.75, 3.05) is 5.32 Å². The Bertz CT molecular complexity index is 1230. The van der Waals surface area contributed by atoms with E-state index in [4.69, 9.17) is 11.6 Å². The third-order valence-corrected chi connectivity index (χ3v) is 4.83. The lowest BCUT2D eigenvalue weighted by atomic mass is 10.0. The molecule has 0 saturated heterocycles. The zero-order valence-corrected chi connectivity index (χ0v) is 16.1. The fourth-order valence-corrected chi connectivity index (χ4v) is 3.39. The van der Waals surface area contributed by atoms with Crippen LogP contribution in [0, 0.1) is 5.82 Å². The predicted octanol–water partition coefficient (Wildman–Crippen LogP) is 5.58. The lowest BCUT2D eigenvalue weighted by Crippen LogP contribution is -2.15. The topological polar surface area (TPSA) is 73.6 Å². The molecule has 142 valence electrons. The van der Waals surface area contributed by atoms with Gasteiger partial charge in [-0.1, -0.05) is 25.4 Å². The van der Waals surface area contributed by atoms with Gasteiger partial charge in [0, 0.05) is 34.1 Å². The summed E-state index contributed by atoms with van der Waals surface area (Å²) in [7, 11) is 0. The molecule has 5 nitrogen and oxygen atoms in total. The van der Waals surface area contributed by atoms with E-state index in [-0.39, 0.29) is 22.6 Å². The average molecular weight is 397 g/mol. The number of fused-ring (bicyclic) bond motifs is 1. The van der Waals surface area contributed by atoms with E-state index in [2.05, 4.69) is 20.3 Å². The molecule has 0 saturated carbocycles. The maximum atomic E-state index is 14.4. The first-order valence-electron chi connectivity index (χ1n) is 8.86. The quantitative estimate of drug-likeness (QED) is 0.421. The Hall–Kier alpha value is -3.12. The number of nitrogens with zero attached hydrogens (tertiary/aromatic N) is 1. The van der Waals surface area contributed by atoms with E-state index in [1.54, 1.807) is 12.3 Å². The van der Waals surface area contributed by atoms with E-state index in [1.807, 2.05) is 32.2 Å². The number of anilines is 2. The standard InChI is InChI=1S/C21H18ClFN4O/c1-11(2)19-18(26-17-6-8-25-20-13(17)5-7-24-20)10-15(21(28)27-19)14-9-12(22)3-4-16(14)23/h3-11H,1-2H3,(H,27,28)(H2,24,25,26). The molecular weight excluding hydrogens is 379 g/mol. The maximum Gasteiger partial charge on any atom is 0.256 e. The SMILES string of the molecule is CC(C)c1[nH]c(=O)c(-c2cc(Cl)ccc2F)cc1Nc1ccnc2[nH]ccc12. The van der Waals surface area contributed by atoms with E-state index in [0.717, 1.165) is 22.4 Å². The number of pyridine rings is 2. The highest BCUT2D eigenvalue weighted by Crippen LogP contribution is 2.32. The lowest BCUT2D eigenvalue weighted by molar-refractivity contribution is 0.631. The van der Waals surface area contributed by atoms with Gasteiger partial charge in [0.15, 0.2) is 0 Å². The van der Waals surface area contributed by atoms with Crippen molar-refractivity contribution in [2.45, 2.75) is 19.8 Å². The van der Waals surface area contributed by atoms with Gasteiger partial charge in [-0.2, -0.15) is 0 Å². The largest absolute Gasteiger partial charge is 0.353 e. The number of aromatic amines is 2. The minimum atomic E-state index is -0.505. The summed E-state index contributed by atoms with van der Waals surface area (Å²) in [5.74, 6) is -0.452. The molecule has 0 aliphatic rings. The summed E-state index contributed by atoms with van der Waals surface area (Å²) >= 11 is 6.02. The second-order valence-corrected chi connectivity index (χ2v) is 7.28. The molecule has 3 N–H and O–H groups in total. The van der Waals surface area contributed by atoms with Gasteiger partial charge in [0.25, 0.3) is 5.56 Å². The van der Waals surface area contributed by atoms with E-state index >= 15 is 0 Å². The van der Waals surface area contributed by atoms with Crippen LogP contribution in [0.4, 0.5) is 15.8 Å².